The molecule has 0 aromatic rings. The van der Waals surface area contributed by atoms with Crippen LogP contribution in [0.15, 0.2) is 48.6 Å². The predicted molar refractivity (Wildman–Crippen MR) is 284 cm³/mol. The van der Waals surface area contributed by atoms with Crippen molar-refractivity contribution in [3.63, 3.8) is 0 Å². The van der Waals surface area contributed by atoms with E-state index >= 15 is 0 Å². The molecule has 0 radical (unpaired) electrons. The summed E-state index contributed by atoms with van der Waals surface area (Å²) in [6.45, 7) is 6.48. The molecule has 0 rings (SSSR count). The van der Waals surface area contributed by atoms with Crippen molar-refractivity contribution >= 4 is 17.9 Å². The Morgan fingerprint density at radius 2 is 0.591 bits per heavy atom. The molecule has 0 bridgehead atoms. The summed E-state index contributed by atoms with van der Waals surface area (Å²) in [4.78, 5) is 37.8. The van der Waals surface area contributed by atoms with E-state index in [0.717, 1.165) is 96.3 Å². The van der Waals surface area contributed by atoms with Gasteiger partial charge in [0.05, 0.1) is 0 Å². The largest absolute Gasteiger partial charge is 0.462 e. The highest BCUT2D eigenvalue weighted by atomic mass is 16.6. The Morgan fingerprint density at radius 1 is 0.318 bits per heavy atom. The van der Waals surface area contributed by atoms with Crippen LogP contribution < -0.4 is 0 Å². The number of hydrogen-bond donors (Lipinski definition) is 0. The molecule has 0 aliphatic rings. The summed E-state index contributed by atoms with van der Waals surface area (Å²) in [6.07, 6.45) is 67.2. The van der Waals surface area contributed by atoms with E-state index in [2.05, 4.69) is 69.4 Å². The van der Waals surface area contributed by atoms with E-state index < -0.39 is 6.10 Å². The standard InChI is InChI=1S/C60H108O6/c1-4-7-10-13-16-18-20-22-24-26-27-28-29-30-31-32-33-35-36-38-40-42-44-47-50-53-59(62)65-56-57(55-64-58(61)52-49-46-15-12-9-6-3)66-60(63)54-51-48-45-43-41-39-37-34-25-23-21-19-17-14-11-8-5-2/h8,11,17,19,23,25,37,39,57H,4-7,9-10,12-16,18,20-22,24,26-36,38,40-56H2,1-3H3/b11-8-,19-17-,25-23-,39-37-. The molecule has 1 unspecified atom stereocenters. The molecular weight excluding hydrogens is 817 g/mol. The van der Waals surface area contributed by atoms with E-state index in [9.17, 15) is 14.4 Å². The van der Waals surface area contributed by atoms with Gasteiger partial charge in [0.1, 0.15) is 13.2 Å². The number of allylic oxidation sites excluding steroid dienone is 8. The fourth-order valence-corrected chi connectivity index (χ4v) is 8.32. The molecule has 1 atom stereocenters. The van der Waals surface area contributed by atoms with Crippen molar-refractivity contribution in [2.45, 2.75) is 303 Å². The molecule has 0 aliphatic carbocycles. The Balaban J connectivity index is 4.09. The van der Waals surface area contributed by atoms with Crippen molar-refractivity contribution in [1.82, 2.24) is 0 Å². The van der Waals surface area contributed by atoms with Crippen LogP contribution in [-0.2, 0) is 28.6 Å². The van der Waals surface area contributed by atoms with Gasteiger partial charge < -0.3 is 14.2 Å². The minimum atomic E-state index is -0.780. The smallest absolute Gasteiger partial charge is 0.306 e. The van der Waals surface area contributed by atoms with E-state index in [1.54, 1.807) is 0 Å². The number of rotatable bonds is 52. The van der Waals surface area contributed by atoms with Gasteiger partial charge in [-0.05, 0) is 57.8 Å². The number of esters is 3. The van der Waals surface area contributed by atoms with E-state index in [4.69, 9.17) is 14.2 Å². The minimum Gasteiger partial charge on any atom is -0.462 e. The van der Waals surface area contributed by atoms with E-state index in [1.807, 2.05) is 0 Å². The van der Waals surface area contributed by atoms with Gasteiger partial charge in [0, 0.05) is 19.3 Å². The lowest BCUT2D eigenvalue weighted by Gasteiger charge is -2.18. The summed E-state index contributed by atoms with van der Waals surface area (Å²) < 4.78 is 16.7. The molecule has 0 N–H and O–H groups in total. The van der Waals surface area contributed by atoms with Crippen LogP contribution in [0.2, 0.25) is 0 Å². The van der Waals surface area contributed by atoms with Crippen molar-refractivity contribution in [2.75, 3.05) is 13.2 Å². The fourth-order valence-electron chi connectivity index (χ4n) is 8.32. The molecule has 0 heterocycles. The molecule has 0 saturated carbocycles. The second-order valence-electron chi connectivity index (χ2n) is 19.2. The molecule has 0 amide bonds. The summed E-state index contributed by atoms with van der Waals surface area (Å²) in [5.41, 5.74) is 0. The van der Waals surface area contributed by atoms with Gasteiger partial charge in [-0.15, -0.1) is 0 Å². The molecule has 0 aliphatic heterocycles. The second-order valence-corrected chi connectivity index (χ2v) is 19.2. The zero-order valence-electron chi connectivity index (χ0n) is 44.0. The van der Waals surface area contributed by atoms with Crippen molar-refractivity contribution < 1.29 is 28.6 Å². The maximum Gasteiger partial charge on any atom is 0.306 e. The first kappa shape index (κ1) is 63.4. The highest BCUT2D eigenvalue weighted by Gasteiger charge is 2.19. The third-order valence-corrected chi connectivity index (χ3v) is 12.6. The van der Waals surface area contributed by atoms with Gasteiger partial charge in [0.2, 0.25) is 0 Å². The minimum absolute atomic E-state index is 0.0802. The van der Waals surface area contributed by atoms with Gasteiger partial charge in [-0.2, -0.15) is 0 Å². The van der Waals surface area contributed by atoms with Crippen molar-refractivity contribution in [3.05, 3.63) is 48.6 Å². The molecule has 0 saturated heterocycles. The third kappa shape index (κ3) is 52.3. The topological polar surface area (TPSA) is 78.9 Å². The van der Waals surface area contributed by atoms with Crippen molar-refractivity contribution in [2.24, 2.45) is 0 Å². The van der Waals surface area contributed by atoms with Crippen LogP contribution in [0.1, 0.15) is 297 Å². The highest BCUT2D eigenvalue weighted by molar-refractivity contribution is 5.71. The Bertz CT molecular complexity index is 1150. The Kier molecular flexibility index (Phi) is 52.8. The molecular formula is C60H108O6. The Labute approximate surface area is 409 Å². The van der Waals surface area contributed by atoms with Gasteiger partial charge in [-0.25, -0.2) is 0 Å². The first-order chi connectivity index (χ1) is 32.5. The monoisotopic (exact) mass is 925 g/mol. The summed E-state index contributed by atoms with van der Waals surface area (Å²) in [5, 5.41) is 0. The van der Waals surface area contributed by atoms with Crippen LogP contribution in [0.25, 0.3) is 0 Å². The van der Waals surface area contributed by atoms with E-state index in [-0.39, 0.29) is 31.1 Å². The normalized spacial score (nSPS) is 12.3. The number of carbonyl (C=O) groups excluding carboxylic acids is 3. The van der Waals surface area contributed by atoms with E-state index in [1.165, 1.54) is 161 Å². The zero-order chi connectivity index (χ0) is 47.9. The molecule has 384 valence electrons. The predicted octanol–water partition coefficient (Wildman–Crippen LogP) is 19.0. The Morgan fingerprint density at radius 3 is 0.924 bits per heavy atom. The van der Waals surface area contributed by atoms with Gasteiger partial charge >= 0.3 is 17.9 Å². The van der Waals surface area contributed by atoms with Crippen LogP contribution in [0.4, 0.5) is 0 Å². The van der Waals surface area contributed by atoms with Gasteiger partial charge in [0.25, 0.3) is 0 Å². The highest BCUT2D eigenvalue weighted by Crippen LogP contribution is 2.17. The van der Waals surface area contributed by atoms with Gasteiger partial charge in [-0.3, -0.25) is 14.4 Å². The van der Waals surface area contributed by atoms with Gasteiger partial charge in [0.15, 0.2) is 6.10 Å². The zero-order valence-corrected chi connectivity index (χ0v) is 44.0. The summed E-state index contributed by atoms with van der Waals surface area (Å²) in [5.74, 6) is -0.902. The average molecular weight is 926 g/mol. The number of ether oxygens (including phenoxy) is 3. The second kappa shape index (κ2) is 55.0. The van der Waals surface area contributed by atoms with E-state index in [0.29, 0.717) is 19.3 Å². The number of hydrogen-bond acceptors (Lipinski definition) is 6. The molecule has 66 heavy (non-hydrogen) atoms. The summed E-state index contributed by atoms with van der Waals surface area (Å²) >= 11 is 0. The molecule has 0 aromatic carbocycles. The first-order valence-corrected chi connectivity index (χ1v) is 28.6. The van der Waals surface area contributed by atoms with Crippen LogP contribution in [0, 0.1) is 0 Å². The Hall–Kier alpha value is -2.63. The van der Waals surface area contributed by atoms with Gasteiger partial charge in [-0.1, -0.05) is 268 Å². The molecule has 0 fully saturated rings. The fraction of sp³-hybridized carbons (Fsp3) is 0.817. The maximum absolute atomic E-state index is 12.8. The summed E-state index contributed by atoms with van der Waals surface area (Å²) in [7, 11) is 0. The van der Waals surface area contributed by atoms with Crippen LogP contribution in [0.3, 0.4) is 0 Å². The maximum atomic E-state index is 12.8. The van der Waals surface area contributed by atoms with Crippen LogP contribution in [-0.4, -0.2) is 37.2 Å². The van der Waals surface area contributed by atoms with Crippen molar-refractivity contribution in [3.8, 4) is 0 Å². The molecule has 0 aromatic heterocycles. The number of carbonyl (C=O) groups is 3. The van der Waals surface area contributed by atoms with Crippen LogP contribution >= 0.6 is 0 Å². The summed E-state index contributed by atoms with van der Waals surface area (Å²) in [6, 6.07) is 0. The lowest BCUT2D eigenvalue weighted by molar-refractivity contribution is -0.167. The molecule has 0 spiro atoms. The first-order valence-electron chi connectivity index (χ1n) is 28.6. The molecule has 6 heteroatoms. The lowest BCUT2D eigenvalue weighted by atomic mass is 10.0. The van der Waals surface area contributed by atoms with Crippen molar-refractivity contribution in [1.29, 1.82) is 0 Å². The molecule has 6 nitrogen and oxygen atoms in total. The number of unbranched alkanes of at least 4 members (excludes halogenated alkanes) is 33. The lowest BCUT2D eigenvalue weighted by Crippen LogP contribution is -2.30. The van der Waals surface area contributed by atoms with Crippen LogP contribution in [0.5, 0.6) is 0 Å². The quantitative estimate of drug-likeness (QED) is 0.0262. The third-order valence-electron chi connectivity index (χ3n) is 12.6. The average Bonchev–Trinajstić information content (AvgIpc) is 3.31. The SMILES string of the molecule is CC/C=C\C/C=C\C/C=C\C/C=C\CCCCCCC(=O)OC(COC(=O)CCCCCCCC)COC(=O)CCCCCCCCCCCCCCCCCCCCCCCCCCC.